The predicted octanol–water partition coefficient (Wildman–Crippen LogP) is 1.44. The van der Waals surface area contributed by atoms with Crippen LogP contribution in [0.1, 0.15) is 22.3 Å². The van der Waals surface area contributed by atoms with Gasteiger partial charge in [-0.15, -0.1) is 0 Å². The zero-order valence-corrected chi connectivity index (χ0v) is 13.9. The van der Waals surface area contributed by atoms with E-state index in [1.54, 1.807) is 47.3 Å². The van der Waals surface area contributed by atoms with Gasteiger partial charge in [0.05, 0.1) is 17.3 Å². The number of fused-ring (bicyclic) bond motifs is 1. The van der Waals surface area contributed by atoms with Gasteiger partial charge in [0.15, 0.2) is 5.82 Å². The largest absolute Gasteiger partial charge is 0.348 e. The molecule has 26 heavy (non-hydrogen) atoms. The molecular formula is C18H17N7O. The molecule has 1 fully saturated rings. The number of nitrogens with one attached hydrogen (secondary N) is 3. The highest BCUT2D eigenvalue weighted by Crippen LogP contribution is 2.16. The Labute approximate surface area is 149 Å². The summed E-state index contributed by atoms with van der Waals surface area (Å²) in [6.45, 7) is 1.74. The molecule has 0 bridgehead atoms. The third kappa shape index (κ3) is 3.34. The van der Waals surface area contributed by atoms with Crippen LogP contribution in [0, 0.1) is 11.3 Å². The van der Waals surface area contributed by atoms with Crippen molar-refractivity contribution in [1.82, 2.24) is 25.0 Å². The molecule has 4 heterocycles. The van der Waals surface area contributed by atoms with Gasteiger partial charge in [0, 0.05) is 25.0 Å². The molecule has 8 nitrogen and oxygen atoms in total. The van der Waals surface area contributed by atoms with Crippen LogP contribution in [0.15, 0.2) is 42.9 Å². The van der Waals surface area contributed by atoms with Crippen molar-refractivity contribution < 1.29 is 4.79 Å². The molecule has 1 atom stereocenters. The monoisotopic (exact) mass is 347 g/mol. The number of carbonyl (C=O) groups excluding carboxylic acids is 1. The lowest BCUT2D eigenvalue weighted by atomic mass is 10.2. The first-order chi connectivity index (χ1) is 12.7. The number of nitrogens with zero attached hydrogens (tertiary/aromatic N) is 4. The van der Waals surface area contributed by atoms with Gasteiger partial charge < -0.3 is 20.4 Å². The summed E-state index contributed by atoms with van der Waals surface area (Å²) < 4.78 is 1.78. The lowest BCUT2D eigenvalue weighted by molar-refractivity contribution is 0.0939. The summed E-state index contributed by atoms with van der Waals surface area (Å²) in [5.74, 6) is 1.09. The van der Waals surface area contributed by atoms with Gasteiger partial charge >= 0.3 is 0 Å². The minimum Gasteiger partial charge on any atom is -0.348 e. The lowest BCUT2D eigenvalue weighted by Gasteiger charge is -2.11. The highest BCUT2D eigenvalue weighted by molar-refractivity contribution is 5.94. The van der Waals surface area contributed by atoms with Crippen LogP contribution in [0.2, 0.25) is 0 Å². The Morgan fingerprint density at radius 1 is 1.27 bits per heavy atom. The summed E-state index contributed by atoms with van der Waals surface area (Å²) in [6.07, 6.45) is 5.99. The number of aromatic nitrogens is 3. The van der Waals surface area contributed by atoms with Crippen molar-refractivity contribution in [3.8, 4) is 6.07 Å². The molecule has 0 radical (unpaired) electrons. The Bertz CT molecular complexity index is 981. The van der Waals surface area contributed by atoms with E-state index in [0.717, 1.165) is 25.2 Å². The van der Waals surface area contributed by atoms with Crippen LogP contribution in [0.3, 0.4) is 0 Å². The van der Waals surface area contributed by atoms with Crippen LogP contribution in [-0.2, 0) is 0 Å². The van der Waals surface area contributed by atoms with Gasteiger partial charge in [-0.2, -0.15) is 5.26 Å². The van der Waals surface area contributed by atoms with Gasteiger partial charge in [-0.1, -0.05) is 0 Å². The van der Waals surface area contributed by atoms with E-state index in [0.29, 0.717) is 22.8 Å². The number of imidazole rings is 1. The van der Waals surface area contributed by atoms with Gasteiger partial charge in [-0.3, -0.25) is 4.79 Å². The molecule has 0 aromatic carbocycles. The number of rotatable bonds is 4. The zero-order chi connectivity index (χ0) is 17.9. The number of nitriles is 1. The normalized spacial score (nSPS) is 16.3. The van der Waals surface area contributed by atoms with Crippen molar-refractivity contribution in [2.45, 2.75) is 12.5 Å². The first kappa shape index (κ1) is 16.1. The maximum absolute atomic E-state index is 12.2. The van der Waals surface area contributed by atoms with E-state index in [-0.39, 0.29) is 11.9 Å². The first-order valence-corrected chi connectivity index (χ1v) is 8.35. The van der Waals surface area contributed by atoms with Crippen molar-refractivity contribution in [3.05, 3.63) is 54.0 Å². The van der Waals surface area contributed by atoms with E-state index >= 15 is 0 Å². The SMILES string of the molecule is N#Cc1ccc2nc(Nc3ccc(C(=O)NC4CCNC4)cn3)cn2c1. The Balaban J connectivity index is 1.45. The minimum atomic E-state index is -0.116. The Morgan fingerprint density at radius 2 is 2.19 bits per heavy atom. The van der Waals surface area contributed by atoms with Crippen molar-refractivity contribution in [2.75, 3.05) is 18.4 Å². The lowest BCUT2D eigenvalue weighted by Crippen LogP contribution is -2.36. The van der Waals surface area contributed by atoms with E-state index < -0.39 is 0 Å². The van der Waals surface area contributed by atoms with E-state index in [4.69, 9.17) is 5.26 Å². The summed E-state index contributed by atoms with van der Waals surface area (Å²) in [6, 6.07) is 9.25. The summed E-state index contributed by atoms with van der Waals surface area (Å²) in [7, 11) is 0. The fourth-order valence-corrected chi connectivity index (χ4v) is 2.90. The van der Waals surface area contributed by atoms with Crippen LogP contribution >= 0.6 is 0 Å². The summed E-state index contributed by atoms with van der Waals surface area (Å²) in [5.41, 5.74) is 1.82. The molecule has 3 aromatic heterocycles. The predicted molar refractivity (Wildman–Crippen MR) is 96.2 cm³/mol. The fraction of sp³-hybridized carbons (Fsp3) is 0.222. The molecule has 0 spiro atoms. The molecular weight excluding hydrogens is 330 g/mol. The second-order valence-electron chi connectivity index (χ2n) is 6.14. The van der Waals surface area contributed by atoms with Crippen molar-refractivity contribution in [2.24, 2.45) is 0 Å². The first-order valence-electron chi connectivity index (χ1n) is 8.35. The molecule has 4 rings (SSSR count). The maximum atomic E-state index is 12.2. The maximum Gasteiger partial charge on any atom is 0.253 e. The van der Waals surface area contributed by atoms with E-state index in [1.807, 2.05) is 0 Å². The molecule has 130 valence electrons. The van der Waals surface area contributed by atoms with Crippen LogP contribution in [0.25, 0.3) is 5.65 Å². The Hall–Kier alpha value is -3.44. The van der Waals surface area contributed by atoms with Gasteiger partial charge in [-0.05, 0) is 37.2 Å². The highest BCUT2D eigenvalue weighted by Gasteiger charge is 2.17. The quantitative estimate of drug-likeness (QED) is 0.659. The molecule has 1 saturated heterocycles. The molecule has 1 unspecified atom stereocenters. The van der Waals surface area contributed by atoms with E-state index in [1.165, 1.54) is 0 Å². The number of hydrogen-bond donors (Lipinski definition) is 3. The number of anilines is 2. The molecule has 0 aliphatic carbocycles. The minimum absolute atomic E-state index is 0.116. The fourth-order valence-electron chi connectivity index (χ4n) is 2.90. The third-order valence-electron chi connectivity index (χ3n) is 4.26. The summed E-state index contributed by atoms with van der Waals surface area (Å²) in [4.78, 5) is 20.9. The summed E-state index contributed by atoms with van der Waals surface area (Å²) >= 11 is 0. The molecule has 3 N–H and O–H groups in total. The average molecular weight is 347 g/mol. The van der Waals surface area contributed by atoms with Crippen LogP contribution in [0.5, 0.6) is 0 Å². The van der Waals surface area contributed by atoms with Gasteiger partial charge in [0.2, 0.25) is 0 Å². The van der Waals surface area contributed by atoms with Crippen LogP contribution in [0.4, 0.5) is 11.6 Å². The molecule has 8 heteroatoms. The smallest absolute Gasteiger partial charge is 0.253 e. The molecule has 1 aliphatic rings. The molecule has 1 aliphatic heterocycles. The number of amides is 1. The molecule has 0 saturated carbocycles. The van der Waals surface area contributed by atoms with E-state index in [9.17, 15) is 4.79 Å². The number of pyridine rings is 2. The highest BCUT2D eigenvalue weighted by atomic mass is 16.1. The average Bonchev–Trinajstić information content (AvgIpc) is 3.30. The Kier molecular flexibility index (Phi) is 4.21. The Morgan fingerprint density at radius 3 is 2.92 bits per heavy atom. The number of carbonyl (C=O) groups is 1. The van der Waals surface area contributed by atoms with Gasteiger partial charge in [-0.25, -0.2) is 9.97 Å². The van der Waals surface area contributed by atoms with Gasteiger partial charge in [0.25, 0.3) is 5.91 Å². The zero-order valence-electron chi connectivity index (χ0n) is 13.9. The van der Waals surface area contributed by atoms with Gasteiger partial charge in [0.1, 0.15) is 17.5 Å². The topological polar surface area (TPSA) is 107 Å². The third-order valence-corrected chi connectivity index (χ3v) is 4.26. The van der Waals surface area contributed by atoms with Crippen LogP contribution in [-0.4, -0.2) is 39.4 Å². The van der Waals surface area contributed by atoms with Crippen molar-refractivity contribution in [1.29, 1.82) is 5.26 Å². The second-order valence-corrected chi connectivity index (χ2v) is 6.14. The van der Waals surface area contributed by atoms with E-state index in [2.05, 4.69) is 32.0 Å². The second kappa shape index (κ2) is 6.82. The molecule has 3 aromatic rings. The summed E-state index contributed by atoms with van der Waals surface area (Å²) in [5, 5.41) is 18.3. The van der Waals surface area contributed by atoms with Crippen molar-refractivity contribution >= 4 is 23.2 Å². The standard InChI is InChI=1S/C18H17N7O/c19-7-12-1-4-17-24-16(11-25(17)10-12)23-15-3-2-13(8-21-15)18(26)22-14-5-6-20-9-14/h1-4,8,10-11,14,20H,5-6,9H2,(H,21,23)(H,22,26). The number of hydrogen-bond acceptors (Lipinski definition) is 6. The van der Waals surface area contributed by atoms with Crippen LogP contribution < -0.4 is 16.0 Å². The van der Waals surface area contributed by atoms with Crippen molar-refractivity contribution in [3.63, 3.8) is 0 Å². The molecule has 1 amide bonds.